The van der Waals surface area contributed by atoms with Crippen LogP contribution >= 0.6 is 0 Å². The summed E-state index contributed by atoms with van der Waals surface area (Å²) in [5.41, 5.74) is 10.8. The summed E-state index contributed by atoms with van der Waals surface area (Å²) in [4.78, 5) is 37.5. The normalized spacial score (nSPS) is 17.6. The molecule has 1 aromatic carbocycles. The topological polar surface area (TPSA) is 142 Å². The number of hydrogen-bond acceptors (Lipinski definition) is 8. The number of benzene rings is 1. The number of amides is 2. The van der Waals surface area contributed by atoms with Gasteiger partial charge in [0.1, 0.15) is 11.3 Å². The Morgan fingerprint density at radius 3 is 2.84 bits per heavy atom. The lowest BCUT2D eigenvalue weighted by atomic mass is 9.77. The highest BCUT2D eigenvalue weighted by Crippen LogP contribution is 2.38. The lowest BCUT2D eigenvalue weighted by Gasteiger charge is -2.40. The number of amidine groups is 1. The van der Waals surface area contributed by atoms with E-state index in [4.69, 9.17) is 10.5 Å². The Labute approximate surface area is 222 Å². The number of hydrogen-bond donors (Lipinski definition) is 4. The van der Waals surface area contributed by atoms with Gasteiger partial charge in [-0.2, -0.15) is 0 Å². The number of ether oxygens (including phenoxy) is 1. The molecule has 0 saturated carbocycles. The first-order valence-electron chi connectivity index (χ1n) is 13.1. The van der Waals surface area contributed by atoms with Gasteiger partial charge in [0.2, 0.25) is 11.8 Å². The minimum absolute atomic E-state index is 0.104. The lowest BCUT2D eigenvalue weighted by molar-refractivity contribution is -0.139. The molecule has 5 N–H and O–H groups in total. The highest BCUT2D eigenvalue weighted by Gasteiger charge is 2.48. The molecule has 1 saturated heterocycles. The zero-order chi connectivity index (χ0) is 26.7. The number of aromatic nitrogens is 1. The van der Waals surface area contributed by atoms with Gasteiger partial charge >= 0.3 is 0 Å². The SMILES string of the molecule is CCCN(CCO)C(=O)C1=Cc2ccc(C3(C(=O)Nc4cnc5c(c4)CNCC5)COC3)cc2N=C(N)C1. The van der Waals surface area contributed by atoms with Gasteiger partial charge in [-0.1, -0.05) is 19.1 Å². The van der Waals surface area contributed by atoms with Gasteiger partial charge in [-0.05, 0) is 35.8 Å². The summed E-state index contributed by atoms with van der Waals surface area (Å²) in [5, 5.41) is 15.8. The van der Waals surface area contributed by atoms with Crippen molar-refractivity contribution >= 4 is 35.1 Å². The summed E-state index contributed by atoms with van der Waals surface area (Å²) in [7, 11) is 0. The first-order chi connectivity index (χ1) is 18.4. The number of nitrogens with zero attached hydrogens (tertiary/aromatic N) is 3. The molecule has 1 aromatic heterocycles. The van der Waals surface area contributed by atoms with E-state index in [1.807, 2.05) is 37.3 Å². The zero-order valence-corrected chi connectivity index (χ0v) is 21.6. The fourth-order valence-corrected chi connectivity index (χ4v) is 5.14. The van der Waals surface area contributed by atoms with Crippen LogP contribution in [0, 0.1) is 0 Å². The van der Waals surface area contributed by atoms with Gasteiger partial charge in [0.05, 0.1) is 37.4 Å². The van der Waals surface area contributed by atoms with Crippen molar-refractivity contribution in [2.24, 2.45) is 10.7 Å². The smallest absolute Gasteiger partial charge is 0.250 e. The van der Waals surface area contributed by atoms with Crippen molar-refractivity contribution in [2.75, 3.05) is 44.8 Å². The van der Waals surface area contributed by atoms with Crippen LogP contribution in [-0.2, 0) is 32.7 Å². The second-order valence-corrected chi connectivity index (χ2v) is 10.0. The van der Waals surface area contributed by atoms with E-state index in [1.54, 1.807) is 11.1 Å². The Kier molecular flexibility index (Phi) is 7.55. The van der Waals surface area contributed by atoms with E-state index < -0.39 is 5.41 Å². The Morgan fingerprint density at radius 2 is 2.11 bits per heavy atom. The zero-order valence-electron chi connectivity index (χ0n) is 21.6. The maximum Gasteiger partial charge on any atom is 0.250 e. The summed E-state index contributed by atoms with van der Waals surface area (Å²) in [5.74, 6) is -0.00320. The predicted molar refractivity (Wildman–Crippen MR) is 145 cm³/mol. The average molecular weight is 519 g/mol. The molecule has 2 amide bonds. The molecular formula is C28H34N6O4. The largest absolute Gasteiger partial charge is 0.395 e. The van der Waals surface area contributed by atoms with Crippen molar-refractivity contribution in [1.29, 1.82) is 0 Å². The monoisotopic (exact) mass is 518 g/mol. The first kappa shape index (κ1) is 26.0. The van der Waals surface area contributed by atoms with Crippen molar-refractivity contribution in [2.45, 2.75) is 38.1 Å². The van der Waals surface area contributed by atoms with Crippen molar-refractivity contribution in [1.82, 2.24) is 15.2 Å². The van der Waals surface area contributed by atoms with E-state index >= 15 is 0 Å². The lowest BCUT2D eigenvalue weighted by Crippen LogP contribution is -2.55. The molecule has 1 fully saturated rings. The summed E-state index contributed by atoms with van der Waals surface area (Å²) in [6, 6.07) is 7.60. The van der Waals surface area contributed by atoms with E-state index in [2.05, 4.69) is 20.6 Å². The van der Waals surface area contributed by atoms with Gasteiger partial charge < -0.3 is 31.1 Å². The highest BCUT2D eigenvalue weighted by atomic mass is 16.5. The van der Waals surface area contributed by atoms with Crippen LogP contribution in [0.5, 0.6) is 0 Å². The third kappa shape index (κ3) is 5.07. The van der Waals surface area contributed by atoms with Crippen LogP contribution in [-0.4, -0.2) is 72.1 Å². The summed E-state index contributed by atoms with van der Waals surface area (Å²) < 4.78 is 5.52. The molecule has 0 spiro atoms. The van der Waals surface area contributed by atoms with Crippen LogP contribution in [0.25, 0.3) is 6.08 Å². The van der Waals surface area contributed by atoms with Gasteiger partial charge in [-0.3, -0.25) is 14.6 Å². The molecule has 10 nitrogen and oxygen atoms in total. The van der Waals surface area contributed by atoms with E-state index in [9.17, 15) is 14.7 Å². The molecule has 0 atom stereocenters. The highest BCUT2D eigenvalue weighted by molar-refractivity contribution is 6.06. The molecule has 3 aliphatic heterocycles. The van der Waals surface area contributed by atoms with Crippen LogP contribution in [0.2, 0.25) is 0 Å². The minimum atomic E-state index is -0.860. The minimum Gasteiger partial charge on any atom is -0.395 e. The fourth-order valence-electron chi connectivity index (χ4n) is 5.14. The fraction of sp³-hybridized carbons (Fsp3) is 0.429. The Morgan fingerprint density at radius 1 is 1.26 bits per heavy atom. The summed E-state index contributed by atoms with van der Waals surface area (Å²) in [6.45, 7) is 4.84. The predicted octanol–water partition coefficient (Wildman–Crippen LogP) is 1.64. The van der Waals surface area contributed by atoms with E-state index in [1.165, 1.54) is 0 Å². The molecule has 0 unspecified atom stereocenters. The van der Waals surface area contributed by atoms with Gasteiger partial charge in [-0.15, -0.1) is 0 Å². The van der Waals surface area contributed by atoms with Crippen LogP contribution < -0.4 is 16.4 Å². The van der Waals surface area contributed by atoms with Gasteiger partial charge in [0.25, 0.3) is 0 Å². The van der Waals surface area contributed by atoms with Crippen LogP contribution in [0.3, 0.4) is 0 Å². The molecule has 2 aromatic rings. The van der Waals surface area contributed by atoms with Gasteiger partial charge in [0.15, 0.2) is 0 Å². The molecule has 0 aliphatic carbocycles. The summed E-state index contributed by atoms with van der Waals surface area (Å²) in [6.07, 6.45) is 5.39. The number of fused-ring (bicyclic) bond motifs is 2. The molecule has 0 bridgehead atoms. The van der Waals surface area contributed by atoms with Gasteiger partial charge in [-0.25, -0.2) is 4.99 Å². The van der Waals surface area contributed by atoms with Crippen molar-refractivity contribution in [3.8, 4) is 0 Å². The molecule has 38 heavy (non-hydrogen) atoms. The average Bonchev–Trinajstić information content (AvgIpc) is 3.05. The van der Waals surface area contributed by atoms with Crippen molar-refractivity contribution in [3.05, 3.63) is 58.4 Å². The molecule has 200 valence electrons. The second kappa shape index (κ2) is 11.0. The third-order valence-electron chi connectivity index (χ3n) is 7.28. The Bertz CT molecular complexity index is 1290. The van der Waals surface area contributed by atoms with Crippen LogP contribution in [0.4, 0.5) is 11.4 Å². The number of aliphatic hydroxyl groups is 1. The third-order valence-corrected chi connectivity index (χ3v) is 7.28. The van der Waals surface area contributed by atoms with Crippen LogP contribution in [0.1, 0.15) is 42.1 Å². The van der Waals surface area contributed by atoms with E-state index in [-0.39, 0.29) is 44.6 Å². The molecule has 4 heterocycles. The van der Waals surface area contributed by atoms with Crippen molar-refractivity contribution in [3.63, 3.8) is 0 Å². The molecular weight excluding hydrogens is 484 g/mol. The maximum absolute atomic E-state index is 13.5. The second-order valence-electron chi connectivity index (χ2n) is 10.0. The van der Waals surface area contributed by atoms with Crippen LogP contribution in [0.15, 0.2) is 41.0 Å². The number of aliphatic imine (C=N–C) groups is 1. The number of nitrogens with one attached hydrogen (secondary N) is 2. The van der Waals surface area contributed by atoms with E-state index in [0.717, 1.165) is 48.3 Å². The number of rotatable bonds is 8. The summed E-state index contributed by atoms with van der Waals surface area (Å²) >= 11 is 0. The standard InChI is InChI=1S/C28H34N6O4/c1-2-7-34(8-9-35)26(36)19-10-18-3-4-21(13-24(18)33-25(29)12-19)28(16-38-17-28)27(37)32-22-11-20-14-30-6-5-23(20)31-15-22/h3-4,10-11,13,15,30,35H,2,5-9,12,14,16-17H2,1H3,(H2,29,33)(H,32,37). The number of nitrogens with two attached hydrogens (primary N) is 1. The number of carbonyl (C=O) groups is 2. The maximum atomic E-state index is 13.5. The van der Waals surface area contributed by atoms with Crippen molar-refractivity contribution < 1.29 is 19.4 Å². The molecule has 3 aliphatic rings. The first-order valence-corrected chi connectivity index (χ1v) is 13.1. The quantitative estimate of drug-likeness (QED) is 0.416. The molecule has 5 rings (SSSR count). The number of aliphatic hydroxyl groups excluding tert-OH is 1. The molecule has 10 heteroatoms. The number of anilines is 1. The number of pyridine rings is 1. The molecule has 0 radical (unpaired) electrons. The Hall–Kier alpha value is -3.60. The van der Waals surface area contributed by atoms with E-state index in [0.29, 0.717) is 29.3 Å². The van der Waals surface area contributed by atoms with Gasteiger partial charge in [0, 0.05) is 55.9 Å². The number of carbonyl (C=O) groups excluding carboxylic acids is 2. The Balaban J connectivity index is 1.41.